The van der Waals surface area contributed by atoms with Crippen LogP contribution < -0.4 is 10.4 Å². The van der Waals surface area contributed by atoms with E-state index in [1.54, 1.807) is 7.11 Å². The molecule has 0 saturated heterocycles. The molecule has 3 aromatic carbocycles. The van der Waals surface area contributed by atoms with Crippen molar-refractivity contribution in [1.29, 1.82) is 0 Å². The summed E-state index contributed by atoms with van der Waals surface area (Å²) in [6.45, 7) is 6.24. The lowest BCUT2D eigenvalue weighted by atomic mass is 10.0. The van der Waals surface area contributed by atoms with Crippen molar-refractivity contribution in [2.75, 3.05) is 31.7 Å². The van der Waals surface area contributed by atoms with Crippen molar-refractivity contribution in [2.24, 2.45) is 0 Å². The molecule has 4 rings (SSSR count). The fraction of sp³-hybridized carbons (Fsp3) is 0.233. The number of aryl methyl sites for hydroxylation is 1. The molecular weight excluding hydrogens is 480 g/mol. The molecule has 0 aliphatic rings. The third kappa shape index (κ3) is 7.61. The first-order chi connectivity index (χ1) is 18.5. The Bertz CT molecular complexity index is 1310. The van der Waals surface area contributed by atoms with Gasteiger partial charge in [0.25, 0.3) is 0 Å². The van der Waals surface area contributed by atoms with Crippen LogP contribution in [0.4, 0.5) is 10.5 Å². The van der Waals surface area contributed by atoms with Crippen molar-refractivity contribution in [3.63, 3.8) is 0 Å². The second-order valence-electron chi connectivity index (χ2n) is 8.63. The fourth-order valence-corrected chi connectivity index (χ4v) is 3.99. The number of ether oxygens (including phenoxy) is 1. The summed E-state index contributed by atoms with van der Waals surface area (Å²) in [5.74, 6) is 0. The van der Waals surface area contributed by atoms with Crippen molar-refractivity contribution in [3.05, 3.63) is 96.2 Å². The summed E-state index contributed by atoms with van der Waals surface area (Å²) in [4.78, 5) is 30.5. The number of carbonyl (C=O) groups is 2. The zero-order valence-electron chi connectivity index (χ0n) is 22.0. The highest BCUT2D eigenvalue weighted by atomic mass is 16.5. The van der Waals surface area contributed by atoms with Gasteiger partial charge < -0.3 is 9.64 Å². The molecule has 1 aromatic heterocycles. The predicted octanol–water partition coefficient (Wildman–Crippen LogP) is 5.43. The zero-order chi connectivity index (χ0) is 27.3. The maximum Gasteiger partial charge on any atom is 0.324 e. The molecule has 0 bridgehead atoms. The summed E-state index contributed by atoms with van der Waals surface area (Å²) in [6, 6.07) is 26.8. The Hall–Kier alpha value is -4.27. The number of nitrogens with zero attached hydrogens (tertiary/aromatic N) is 3. The summed E-state index contributed by atoms with van der Waals surface area (Å²) in [5, 5.41) is 8.38. The molecule has 0 aliphatic carbocycles. The van der Waals surface area contributed by atoms with Gasteiger partial charge in [0.05, 0.1) is 18.7 Å². The van der Waals surface area contributed by atoms with E-state index in [0.717, 1.165) is 33.3 Å². The molecule has 4 aromatic rings. The maximum absolute atomic E-state index is 13.5. The molecule has 8 nitrogen and oxygen atoms in total. The number of urea groups is 1. The number of anilines is 1. The summed E-state index contributed by atoms with van der Waals surface area (Å²) in [6.07, 6.45) is 1.99. The fourth-order valence-electron chi connectivity index (χ4n) is 3.99. The van der Waals surface area contributed by atoms with E-state index in [2.05, 4.69) is 72.6 Å². The molecule has 0 aliphatic heterocycles. The quantitative estimate of drug-likeness (QED) is 0.177. The normalized spacial score (nSPS) is 10.3. The summed E-state index contributed by atoms with van der Waals surface area (Å²) in [7, 11) is 1.66. The van der Waals surface area contributed by atoms with Gasteiger partial charge in [0.1, 0.15) is 0 Å². The SMILES string of the molecule is CCN(CCOC)C(=O)N(Cc1ccc(C)cc1)c1ccc(-c2ccc3cccnc3c2)cc1.O=CNO. The number of nitrogens with one attached hydrogen (secondary N) is 1. The second-order valence-corrected chi connectivity index (χ2v) is 8.63. The standard InChI is InChI=1S/C29H31N3O2.CH3NO2/c1-4-31(18-19-34-3)29(33)32(21-23-9-7-22(2)8-10-23)27-15-13-24(14-16-27)26-12-11-25-6-5-17-30-28(25)20-26;3-1-2-4/h5-17,20H,4,18-19,21H2,1-3H3;1,4H,(H,2,3). The molecule has 3 amide bonds. The Labute approximate surface area is 223 Å². The van der Waals surface area contributed by atoms with Crippen molar-refractivity contribution in [2.45, 2.75) is 20.4 Å². The van der Waals surface area contributed by atoms with Gasteiger partial charge in [-0.25, -0.2) is 10.3 Å². The largest absolute Gasteiger partial charge is 0.383 e. The first kappa shape index (κ1) is 28.3. The number of hydroxylamine groups is 1. The lowest BCUT2D eigenvalue weighted by Gasteiger charge is -2.30. The van der Waals surface area contributed by atoms with Gasteiger partial charge in [-0.3, -0.25) is 19.9 Å². The van der Waals surface area contributed by atoms with Crippen LogP contribution in [0.15, 0.2) is 85.1 Å². The highest BCUT2D eigenvalue weighted by Gasteiger charge is 2.22. The van der Waals surface area contributed by atoms with E-state index in [1.165, 1.54) is 11.0 Å². The van der Waals surface area contributed by atoms with E-state index < -0.39 is 0 Å². The van der Waals surface area contributed by atoms with E-state index in [-0.39, 0.29) is 12.4 Å². The van der Waals surface area contributed by atoms with Gasteiger partial charge in [-0.1, -0.05) is 60.2 Å². The number of pyridine rings is 1. The van der Waals surface area contributed by atoms with E-state index in [0.29, 0.717) is 26.2 Å². The van der Waals surface area contributed by atoms with Gasteiger partial charge in [0.15, 0.2) is 0 Å². The summed E-state index contributed by atoms with van der Waals surface area (Å²) < 4.78 is 5.22. The number of methoxy groups -OCH3 is 1. The Morgan fingerprint density at radius 1 is 1.03 bits per heavy atom. The van der Waals surface area contributed by atoms with Crippen LogP contribution in [-0.4, -0.2) is 54.3 Å². The van der Waals surface area contributed by atoms with Gasteiger partial charge in [0.2, 0.25) is 6.41 Å². The smallest absolute Gasteiger partial charge is 0.324 e. The minimum atomic E-state index is -0.0252. The van der Waals surface area contributed by atoms with Crippen molar-refractivity contribution >= 4 is 29.0 Å². The van der Waals surface area contributed by atoms with Crippen LogP contribution in [0.1, 0.15) is 18.1 Å². The number of rotatable bonds is 9. The monoisotopic (exact) mass is 514 g/mol. The number of amides is 3. The highest BCUT2D eigenvalue weighted by molar-refractivity contribution is 5.92. The maximum atomic E-state index is 13.5. The Morgan fingerprint density at radius 2 is 1.71 bits per heavy atom. The molecule has 0 fully saturated rings. The van der Waals surface area contributed by atoms with Crippen molar-refractivity contribution in [3.8, 4) is 11.1 Å². The molecule has 0 spiro atoms. The van der Waals surface area contributed by atoms with Crippen LogP contribution >= 0.6 is 0 Å². The van der Waals surface area contributed by atoms with Gasteiger partial charge >= 0.3 is 6.03 Å². The Morgan fingerprint density at radius 3 is 2.34 bits per heavy atom. The van der Waals surface area contributed by atoms with Crippen LogP contribution in [0.3, 0.4) is 0 Å². The Balaban J connectivity index is 0.000000934. The molecule has 8 heteroatoms. The van der Waals surface area contributed by atoms with Gasteiger partial charge in [0, 0.05) is 37.5 Å². The van der Waals surface area contributed by atoms with Crippen LogP contribution in [0.2, 0.25) is 0 Å². The predicted molar refractivity (Wildman–Crippen MR) is 150 cm³/mol. The summed E-state index contributed by atoms with van der Waals surface area (Å²) in [5.41, 5.74) is 7.56. The average molecular weight is 515 g/mol. The summed E-state index contributed by atoms with van der Waals surface area (Å²) >= 11 is 0. The third-order valence-electron chi connectivity index (χ3n) is 6.08. The number of aromatic nitrogens is 1. The number of hydrogen-bond donors (Lipinski definition) is 2. The molecule has 0 saturated carbocycles. The van der Waals surface area contributed by atoms with Crippen LogP contribution in [-0.2, 0) is 16.1 Å². The molecule has 38 heavy (non-hydrogen) atoms. The molecule has 198 valence electrons. The number of hydrogen-bond acceptors (Lipinski definition) is 5. The van der Waals surface area contributed by atoms with Crippen LogP contribution in [0.25, 0.3) is 22.0 Å². The van der Waals surface area contributed by atoms with Gasteiger partial charge in [-0.15, -0.1) is 0 Å². The average Bonchev–Trinajstić information content (AvgIpc) is 2.97. The number of likely N-dealkylation sites (N-methyl/N-ethyl adjacent to an activating group) is 1. The number of fused-ring (bicyclic) bond motifs is 1. The number of benzene rings is 3. The topological polar surface area (TPSA) is 95.0 Å². The molecule has 0 unspecified atom stereocenters. The van der Waals surface area contributed by atoms with Gasteiger partial charge in [-0.2, -0.15) is 0 Å². The number of carbonyl (C=O) groups excluding carboxylic acids is 2. The third-order valence-corrected chi connectivity index (χ3v) is 6.08. The molecule has 2 N–H and O–H groups in total. The van der Waals surface area contributed by atoms with Crippen molar-refractivity contribution < 1.29 is 19.5 Å². The van der Waals surface area contributed by atoms with Crippen molar-refractivity contribution in [1.82, 2.24) is 15.4 Å². The first-order valence-corrected chi connectivity index (χ1v) is 12.4. The second kappa shape index (κ2) is 14.5. The highest BCUT2D eigenvalue weighted by Crippen LogP contribution is 2.27. The van der Waals surface area contributed by atoms with E-state index >= 15 is 0 Å². The van der Waals surface area contributed by atoms with E-state index in [4.69, 9.17) is 14.7 Å². The van der Waals surface area contributed by atoms with Gasteiger partial charge in [-0.05, 0) is 54.8 Å². The molecule has 0 radical (unpaired) electrons. The van der Waals surface area contributed by atoms with Crippen LogP contribution in [0.5, 0.6) is 0 Å². The van der Waals surface area contributed by atoms with E-state index in [1.807, 2.05) is 41.1 Å². The Kier molecular flexibility index (Phi) is 10.8. The molecule has 1 heterocycles. The van der Waals surface area contributed by atoms with E-state index in [9.17, 15) is 4.79 Å². The first-order valence-electron chi connectivity index (χ1n) is 12.4. The molecule has 0 atom stereocenters. The van der Waals surface area contributed by atoms with Crippen LogP contribution in [0, 0.1) is 6.92 Å². The lowest BCUT2D eigenvalue weighted by Crippen LogP contribution is -2.44. The molecular formula is C30H34N4O4. The minimum absolute atomic E-state index is 0.0252. The lowest BCUT2D eigenvalue weighted by molar-refractivity contribution is -0.116. The minimum Gasteiger partial charge on any atom is -0.383 e. The zero-order valence-corrected chi connectivity index (χ0v) is 22.0.